The van der Waals surface area contributed by atoms with E-state index in [4.69, 9.17) is 4.74 Å². The van der Waals surface area contributed by atoms with E-state index in [-0.39, 0.29) is 5.56 Å². The first-order valence-corrected chi connectivity index (χ1v) is 9.87. The molecule has 1 aliphatic rings. The average Bonchev–Trinajstić information content (AvgIpc) is 2.98. The molecule has 0 saturated carbocycles. The number of nitrogens with one attached hydrogen (secondary N) is 1. The van der Waals surface area contributed by atoms with Crippen LogP contribution in [0.5, 0.6) is 5.75 Å². The van der Waals surface area contributed by atoms with E-state index in [1.54, 1.807) is 12.3 Å². The summed E-state index contributed by atoms with van der Waals surface area (Å²) in [5, 5.41) is 2.24. The number of hydrogen-bond acceptors (Lipinski definition) is 3. The van der Waals surface area contributed by atoms with Crippen LogP contribution in [-0.4, -0.2) is 36.1 Å². The van der Waals surface area contributed by atoms with Crippen LogP contribution in [0.25, 0.3) is 21.9 Å². The van der Waals surface area contributed by atoms with Crippen LogP contribution < -0.4 is 10.3 Å². The minimum absolute atomic E-state index is 0.0866. The third kappa shape index (κ3) is 4.22. The van der Waals surface area contributed by atoms with Crippen molar-refractivity contribution in [2.45, 2.75) is 25.7 Å². The molecular formula is C23H26N2O2. The molecule has 4 heteroatoms. The number of likely N-dealkylation sites (tertiary alicyclic amines) is 1. The summed E-state index contributed by atoms with van der Waals surface area (Å²) in [4.78, 5) is 16.6. The number of hydrogen-bond donors (Lipinski definition) is 1. The third-order valence-corrected chi connectivity index (χ3v) is 5.34. The van der Waals surface area contributed by atoms with Crippen LogP contribution in [0.3, 0.4) is 0 Å². The summed E-state index contributed by atoms with van der Waals surface area (Å²) >= 11 is 0. The van der Waals surface area contributed by atoms with Gasteiger partial charge >= 0.3 is 0 Å². The van der Waals surface area contributed by atoms with Crippen molar-refractivity contribution >= 4 is 10.8 Å². The fourth-order valence-electron chi connectivity index (χ4n) is 3.87. The van der Waals surface area contributed by atoms with Crippen molar-refractivity contribution < 1.29 is 4.74 Å². The Balaban J connectivity index is 1.54. The van der Waals surface area contributed by atoms with Crippen LogP contribution in [-0.2, 0) is 0 Å². The highest BCUT2D eigenvalue weighted by molar-refractivity contribution is 5.99. The molecule has 1 aromatic heterocycles. The fraction of sp³-hybridized carbons (Fsp3) is 0.348. The van der Waals surface area contributed by atoms with Crippen molar-refractivity contribution in [1.82, 2.24) is 9.88 Å². The lowest BCUT2D eigenvalue weighted by Gasteiger charge is -2.20. The Hall–Kier alpha value is -2.59. The largest absolute Gasteiger partial charge is 0.492 e. The van der Waals surface area contributed by atoms with Gasteiger partial charge in [-0.3, -0.25) is 9.69 Å². The maximum absolute atomic E-state index is 11.4. The van der Waals surface area contributed by atoms with Gasteiger partial charge in [-0.05, 0) is 60.6 Å². The minimum atomic E-state index is -0.0866. The SMILES string of the molecule is O=c1ccc(-c2ccc(OCCN3CCCCCC3)c3ccccc23)c[nH]1. The Kier molecular flexibility index (Phi) is 5.54. The van der Waals surface area contributed by atoms with Crippen molar-refractivity contribution in [2.24, 2.45) is 0 Å². The molecule has 27 heavy (non-hydrogen) atoms. The van der Waals surface area contributed by atoms with E-state index >= 15 is 0 Å². The first kappa shape index (κ1) is 17.8. The van der Waals surface area contributed by atoms with Gasteiger partial charge in [-0.25, -0.2) is 0 Å². The summed E-state index contributed by atoms with van der Waals surface area (Å²) in [6, 6.07) is 15.8. The topological polar surface area (TPSA) is 45.3 Å². The number of ether oxygens (including phenoxy) is 1. The number of aromatic amines is 1. The van der Waals surface area contributed by atoms with Gasteiger partial charge in [0.15, 0.2) is 0 Å². The van der Waals surface area contributed by atoms with Gasteiger partial charge in [-0.2, -0.15) is 0 Å². The van der Waals surface area contributed by atoms with Gasteiger partial charge in [0, 0.05) is 24.2 Å². The second kappa shape index (κ2) is 8.40. The predicted molar refractivity (Wildman–Crippen MR) is 110 cm³/mol. The number of rotatable bonds is 5. The van der Waals surface area contributed by atoms with Gasteiger partial charge in [-0.1, -0.05) is 37.1 Å². The van der Waals surface area contributed by atoms with Gasteiger partial charge in [0.05, 0.1) is 0 Å². The molecule has 1 N–H and O–H groups in total. The van der Waals surface area contributed by atoms with Crippen LogP contribution in [0.1, 0.15) is 25.7 Å². The molecular weight excluding hydrogens is 336 g/mol. The molecule has 0 radical (unpaired) electrons. The van der Waals surface area contributed by atoms with Crippen molar-refractivity contribution in [3.05, 3.63) is 65.1 Å². The monoisotopic (exact) mass is 362 g/mol. The molecule has 140 valence electrons. The Morgan fingerprint density at radius 1 is 0.889 bits per heavy atom. The lowest BCUT2D eigenvalue weighted by Crippen LogP contribution is -2.29. The first-order chi connectivity index (χ1) is 13.3. The normalized spacial score (nSPS) is 15.6. The van der Waals surface area contributed by atoms with Gasteiger partial charge < -0.3 is 9.72 Å². The van der Waals surface area contributed by atoms with Crippen molar-refractivity contribution in [3.63, 3.8) is 0 Å². The van der Waals surface area contributed by atoms with Crippen molar-refractivity contribution in [1.29, 1.82) is 0 Å². The molecule has 0 amide bonds. The molecule has 1 aliphatic heterocycles. The Bertz CT molecular complexity index is 935. The molecule has 1 fully saturated rings. The van der Waals surface area contributed by atoms with Crippen molar-refractivity contribution in [3.8, 4) is 16.9 Å². The highest BCUT2D eigenvalue weighted by atomic mass is 16.5. The standard InChI is InChI=1S/C23H26N2O2/c26-23-12-9-18(17-24-23)19-10-11-22(21-8-4-3-7-20(19)21)27-16-15-25-13-5-1-2-6-14-25/h3-4,7-12,17H,1-2,5-6,13-16H2,(H,24,26). The van der Waals surface area contributed by atoms with E-state index in [9.17, 15) is 4.79 Å². The number of pyridine rings is 1. The van der Waals surface area contributed by atoms with Gasteiger partial charge in [-0.15, -0.1) is 0 Å². The second-order valence-electron chi connectivity index (χ2n) is 7.20. The number of nitrogens with zero attached hydrogens (tertiary/aromatic N) is 1. The lowest BCUT2D eigenvalue weighted by atomic mass is 9.99. The molecule has 1 saturated heterocycles. The summed E-state index contributed by atoms with van der Waals surface area (Å²) in [6.45, 7) is 4.07. The number of H-pyrrole nitrogens is 1. The summed E-state index contributed by atoms with van der Waals surface area (Å²) in [7, 11) is 0. The minimum Gasteiger partial charge on any atom is -0.492 e. The average molecular weight is 362 g/mol. The van der Waals surface area contributed by atoms with Gasteiger partial charge in [0.25, 0.3) is 0 Å². The molecule has 0 aliphatic carbocycles. The van der Waals surface area contributed by atoms with Gasteiger partial charge in [0.1, 0.15) is 12.4 Å². The van der Waals surface area contributed by atoms with Crippen LogP contribution >= 0.6 is 0 Å². The molecule has 0 atom stereocenters. The highest BCUT2D eigenvalue weighted by Crippen LogP contribution is 2.34. The van der Waals surface area contributed by atoms with Gasteiger partial charge in [0.2, 0.25) is 5.56 Å². The zero-order chi connectivity index (χ0) is 18.5. The van der Waals surface area contributed by atoms with E-state index in [1.807, 2.05) is 24.3 Å². The maximum atomic E-state index is 11.4. The fourth-order valence-corrected chi connectivity index (χ4v) is 3.87. The molecule has 2 aromatic carbocycles. The zero-order valence-electron chi connectivity index (χ0n) is 15.6. The van der Waals surface area contributed by atoms with Crippen LogP contribution in [0.2, 0.25) is 0 Å². The molecule has 0 bridgehead atoms. The molecule has 0 spiro atoms. The summed E-state index contributed by atoms with van der Waals surface area (Å²) < 4.78 is 6.17. The second-order valence-corrected chi connectivity index (χ2v) is 7.20. The third-order valence-electron chi connectivity index (χ3n) is 5.34. The van der Waals surface area contributed by atoms with Crippen molar-refractivity contribution in [2.75, 3.05) is 26.2 Å². The Morgan fingerprint density at radius 3 is 2.41 bits per heavy atom. The van der Waals surface area contributed by atoms with E-state index in [2.05, 4.69) is 28.1 Å². The Labute approximate surface area is 159 Å². The summed E-state index contributed by atoms with van der Waals surface area (Å²) in [5.41, 5.74) is 2.01. The van der Waals surface area contributed by atoms with Crippen LogP contribution in [0.4, 0.5) is 0 Å². The molecule has 3 aromatic rings. The number of fused-ring (bicyclic) bond motifs is 1. The maximum Gasteiger partial charge on any atom is 0.247 e. The summed E-state index contributed by atoms with van der Waals surface area (Å²) in [6.07, 6.45) is 7.08. The van der Waals surface area contributed by atoms with E-state index < -0.39 is 0 Å². The van der Waals surface area contributed by atoms with Crippen LogP contribution in [0, 0.1) is 0 Å². The number of aromatic nitrogens is 1. The molecule has 4 rings (SSSR count). The predicted octanol–water partition coefficient (Wildman–Crippen LogP) is 4.45. The van der Waals surface area contributed by atoms with E-state index in [0.717, 1.165) is 34.2 Å². The molecule has 0 unspecified atom stereocenters. The molecule has 2 heterocycles. The number of benzene rings is 2. The smallest absolute Gasteiger partial charge is 0.247 e. The van der Waals surface area contributed by atoms with E-state index in [1.165, 1.54) is 38.8 Å². The highest BCUT2D eigenvalue weighted by Gasteiger charge is 2.11. The summed E-state index contributed by atoms with van der Waals surface area (Å²) in [5.74, 6) is 0.925. The lowest BCUT2D eigenvalue weighted by molar-refractivity contribution is 0.215. The zero-order valence-corrected chi connectivity index (χ0v) is 15.6. The molecule has 4 nitrogen and oxygen atoms in total. The quantitative estimate of drug-likeness (QED) is 0.729. The van der Waals surface area contributed by atoms with E-state index in [0.29, 0.717) is 6.61 Å². The van der Waals surface area contributed by atoms with Crippen LogP contribution in [0.15, 0.2) is 59.5 Å². The first-order valence-electron chi connectivity index (χ1n) is 9.87. The Morgan fingerprint density at radius 2 is 1.67 bits per heavy atom.